The number of nitro groups is 1. The van der Waals surface area contributed by atoms with Gasteiger partial charge in [0.05, 0.1) is 4.92 Å². The Morgan fingerprint density at radius 2 is 2.00 bits per heavy atom. The second kappa shape index (κ2) is 7.24. The van der Waals surface area contributed by atoms with Gasteiger partial charge in [-0.25, -0.2) is 0 Å². The second-order valence-corrected chi connectivity index (χ2v) is 5.99. The molecule has 0 bridgehead atoms. The molecular formula is C15H25N3O2. The SMILES string of the molecule is Cc1cc(NC(CC(C)C)CN(C)C)ccc1[N+](=O)[O-]. The highest BCUT2D eigenvalue weighted by Gasteiger charge is 2.14. The number of nitro benzene ring substituents is 1. The zero-order chi connectivity index (χ0) is 15.3. The van der Waals surface area contributed by atoms with Crippen LogP contribution < -0.4 is 5.32 Å². The molecule has 1 atom stereocenters. The van der Waals surface area contributed by atoms with Gasteiger partial charge in [-0.3, -0.25) is 10.1 Å². The highest BCUT2D eigenvalue weighted by atomic mass is 16.6. The lowest BCUT2D eigenvalue weighted by Crippen LogP contribution is -2.33. The average Bonchev–Trinajstić information content (AvgIpc) is 2.26. The van der Waals surface area contributed by atoms with Crippen molar-refractivity contribution in [3.8, 4) is 0 Å². The Balaban J connectivity index is 2.82. The summed E-state index contributed by atoms with van der Waals surface area (Å²) >= 11 is 0. The molecule has 5 nitrogen and oxygen atoms in total. The lowest BCUT2D eigenvalue weighted by atomic mass is 10.0. The molecule has 112 valence electrons. The van der Waals surface area contributed by atoms with Crippen LogP contribution in [0.2, 0.25) is 0 Å². The van der Waals surface area contributed by atoms with Gasteiger partial charge in [0.2, 0.25) is 0 Å². The third-order valence-corrected chi connectivity index (χ3v) is 3.11. The van der Waals surface area contributed by atoms with E-state index in [9.17, 15) is 10.1 Å². The fourth-order valence-corrected chi connectivity index (χ4v) is 2.37. The van der Waals surface area contributed by atoms with Crippen LogP contribution >= 0.6 is 0 Å². The lowest BCUT2D eigenvalue weighted by molar-refractivity contribution is -0.385. The summed E-state index contributed by atoms with van der Waals surface area (Å²) in [5, 5.41) is 14.3. The van der Waals surface area contributed by atoms with Gasteiger partial charge in [0.1, 0.15) is 0 Å². The predicted octanol–water partition coefficient (Wildman–Crippen LogP) is 3.29. The molecule has 1 N–H and O–H groups in total. The minimum atomic E-state index is -0.343. The van der Waals surface area contributed by atoms with E-state index in [1.54, 1.807) is 19.1 Å². The maximum atomic E-state index is 10.8. The Hall–Kier alpha value is -1.62. The third-order valence-electron chi connectivity index (χ3n) is 3.11. The smallest absolute Gasteiger partial charge is 0.272 e. The van der Waals surface area contributed by atoms with Crippen molar-refractivity contribution in [2.24, 2.45) is 5.92 Å². The van der Waals surface area contributed by atoms with Crippen molar-refractivity contribution in [1.82, 2.24) is 4.90 Å². The summed E-state index contributed by atoms with van der Waals surface area (Å²) in [4.78, 5) is 12.6. The van der Waals surface area contributed by atoms with Crippen molar-refractivity contribution in [3.05, 3.63) is 33.9 Å². The number of anilines is 1. The fourth-order valence-electron chi connectivity index (χ4n) is 2.37. The first-order valence-corrected chi connectivity index (χ1v) is 6.96. The van der Waals surface area contributed by atoms with Crippen LogP contribution in [0.15, 0.2) is 18.2 Å². The molecule has 1 aromatic rings. The van der Waals surface area contributed by atoms with Crippen LogP contribution in [-0.4, -0.2) is 36.5 Å². The van der Waals surface area contributed by atoms with Gasteiger partial charge in [-0.05, 0) is 45.5 Å². The van der Waals surface area contributed by atoms with E-state index >= 15 is 0 Å². The summed E-state index contributed by atoms with van der Waals surface area (Å²) in [5.74, 6) is 0.603. The van der Waals surface area contributed by atoms with E-state index in [0.29, 0.717) is 17.5 Å². The molecule has 0 heterocycles. The third kappa shape index (κ3) is 5.17. The molecule has 0 radical (unpaired) electrons. The van der Waals surface area contributed by atoms with Crippen LogP contribution in [-0.2, 0) is 0 Å². The first-order valence-electron chi connectivity index (χ1n) is 6.96. The van der Waals surface area contributed by atoms with Crippen molar-refractivity contribution in [3.63, 3.8) is 0 Å². The Morgan fingerprint density at radius 1 is 1.35 bits per heavy atom. The molecule has 5 heteroatoms. The highest BCUT2D eigenvalue weighted by molar-refractivity contribution is 5.54. The minimum Gasteiger partial charge on any atom is -0.381 e. The second-order valence-electron chi connectivity index (χ2n) is 5.99. The van der Waals surface area contributed by atoms with Crippen molar-refractivity contribution in [2.75, 3.05) is 26.0 Å². The fraction of sp³-hybridized carbons (Fsp3) is 0.600. The average molecular weight is 279 g/mol. The van der Waals surface area contributed by atoms with E-state index in [1.165, 1.54) is 0 Å². The highest BCUT2D eigenvalue weighted by Crippen LogP contribution is 2.23. The first-order chi connectivity index (χ1) is 9.29. The molecule has 1 aromatic carbocycles. The number of benzene rings is 1. The quantitative estimate of drug-likeness (QED) is 0.614. The summed E-state index contributed by atoms with van der Waals surface area (Å²) in [6.45, 7) is 7.11. The maximum absolute atomic E-state index is 10.8. The zero-order valence-corrected chi connectivity index (χ0v) is 13.0. The van der Waals surface area contributed by atoms with Crippen molar-refractivity contribution < 1.29 is 4.92 Å². The van der Waals surface area contributed by atoms with Gasteiger partial charge in [0.25, 0.3) is 5.69 Å². The van der Waals surface area contributed by atoms with Crippen LogP contribution in [0.5, 0.6) is 0 Å². The van der Waals surface area contributed by atoms with Gasteiger partial charge >= 0.3 is 0 Å². The molecule has 0 spiro atoms. The molecule has 20 heavy (non-hydrogen) atoms. The van der Waals surface area contributed by atoms with E-state index in [-0.39, 0.29) is 10.6 Å². The Kier molecular flexibility index (Phi) is 5.95. The van der Waals surface area contributed by atoms with Crippen LogP contribution in [0.4, 0.5) is 11.4 Å². The molecule has 0 aliphatic heterocycles. The van der Waals surface area contributed by atoms with Crippen molar-refractivity contribution >= 4 is 11.4 Å². The van der Waals surface area contributed by atoms with E-state index in [0.717, 1.165) is 18.7 Å². The van der Waals surface area contributed by atoms with Crippen LogP contribution in [0.1, 0.15) is 25.8 Å². The summed E-state index contributed by atoms with van der Waals surface area (Å²) in [5.41, 5.74) is 1.80. The number of nitrogens with one attached hydrogen (secondary N) is 1. The molecule has 0 amide bonds. The van der Waals surface area contributed by atoms with E-state index in [1.807, 2.05) is 6.07 Å². The van der Waals surface area contributed by atoms with E-state index < -0.39 is 0 Å². The van der Waals surface area contributed by atoms with Crippen molar-refractivity contribution in [1.29, 1.82) is 0 Å². The van der Waals surface area contributed by atoms with Gasteiger partial charge in [-0.1, -0.05) is 13.8 Å². The van der Waals surface area contributed by atoms with E-state index in [2.05, 4.69) is 38.2 Å². The monoisotopic (exact) mass is 279 g/mol. The molecular weight excluding hydrogens is 254 g/mol. The van der Waals surface area contributed by atoms with Crippen LogP contribution in [0.25, 0.3) is 0 Å². The molecule has 0 aliphatic carbocycles. The molecule has 0 saturated heterocycles. The zero-order valence-electron chi connectivity index (χ0n) is 13.0. The number of likely N-dealkylation sites (N-methyl/N-ethyl adjacent to an activating group) is 1. The standard InChI is InChI=1S/C15H25N3O2/c1-11(2)8-14(10-17(4)5)16-13-6-7-15(18(19)20)12(3)9-13/h6-7,9,11,14,16H,8,10H2,1-5H3. The predicted molar refractivity (Wildman–Crippen MR) is 83.3 cm³/mol. The molecule has 0 fully saturated rings. The molecule has 0 aromatic heterocycles. The maximum Gasteiger partial charge on any atom is 0.272 e. The number of nitrogens with zero attached hydrogens (tertiary/aromatic N) is 2. The van der Waals surface area contributed by atoms with Gasteiger partial charge in [0, 0.05) is 29.9 Å². The summed E-state index contributed by atoms with van der Waals surface area (Å²) < 4.78 is 0. The summed E-state index contributed by atoms with van der Waals surface area (Å²) in [7, 11) is 4.10. The summed E-state index contributed by atoms with van der Waals surface area (Å²) in [6, 6.07) is 5.54. The van der Waals surface area contributed by atoms with Gasteiger partial charge in [-0.2, -0.15) is 0 Å². The molecule has 1 rings (SSSR count). The first kappa shape index (κ1) is 16.4. The topological polar surface area (TPSA) is 58.4 Å². The Labute approximate surface area is 121 Å². The van der Waals surface area contributed by atoms with Crippen molar-refractivity contribution in [2.45, 2.75) is 33.2 Å². The van der Waals surface area contributed by atoms with Gasteiger partial charge in [-0.15, -0.1) is 0 Å². The number of aryl methyl sites for hydroxylation is 1. The normalized spacial score (nSPS) is 12.8. The molecule has 0 aliphatic rings. The number of hydrogen-bond donors (Lipinski definition) is 1. The number of hydrogen-bond acceptors (Lipinski definition) is 4. The number of rotatable bonds is 7. The Morgan fingerprint density at radius 3 is 2.45 bits per heavy atom. The Bertz CT molecular complexity index is 448. The summed E-state index contributed by atoms with van der Waals surface area (Å²) in [6.07, 6.45) is 1.06. The van der Waals surface area contributed by atoms with Crippen LogP contribution in [0.3, 0.4) is 0 Å². The molecule has 1 unspecified atom stereocenters. The van der Waals surface area contributed by atoms with Gasteiger partial charge in [0.15, 0.2) is 0 Å². The minimum absolute atomic E-state index is 0.170. The van der Waals surface area contributed by atoms with Gasteiger partial charge < -0.3 is 10.2 Å². The van der Waals surface area contributed by atoms with Crippen LogP contribution in [0, 0.1) is 23.0 Å². The van der Waals surface area contributed by atoms with E-state index in [4.69, 9.17) is 0 Å². The lowest BCUT2D eigenvalue weighted by Gasteiger charge is -2.25. The largest absolute Gasteiger partial charge is 0.381 e. The molecule has 0 saturated carbocycles.